The highest BCUT2D eigenvalue weighted by Crippen LogP contribution is 2.32. The molecule has 0 aromatic heterocycles. The Hall–Kier alpha value is -0.380. The summed E-state index contributed by atoms with van der Waals surface area (Å²) in [6, 6.07) is 9.74. The molecule has 0 heterocycles. The number of benzene rings is 1. The Kier molecular flexibility index (Phi) is 4.98. The van der Waals surface area contributed by atoms with Crippen molar-refractivity contribution in [1.82, 2.24) is 4.72 Å². The monoisotopic (exact) mass is 287 g/mol. The van der Waals surface area contributed by atoms with Gasteiger partial charge in [-0.15, -0.1) is 11.6 Å². The van der Waals surface area contributed by atoms with Crippen molar-refractivity contribution in [2.75, 3.05) is 0 Å². The van der Waals surface area contributed by atoms with Crippen LogP contribution in [0.1, 0.15) is 46.2 Å². The Morgan fingerprint density at radius 2 is 1.61 bits per heavy atom. The van der Waals surface area contributed by atoms with Crippen molar-refractivity contribution in [2.45, 2.75) is 50.3 Å². The Morgan fingerprint density at radius 3 is 2.00 bits per heavy atom. The van der Waals surface area contributed by atoms with Gasteiger partial charge in [0, 0.05) is 0 Å². The normalized spacial score (nSPS) is 16.3. The summed E-state index contributed by atoms with van der Waals surface area (Å²) in [4.78, 5) is -0.512. The zero-order valence-corrected chi connectivity index (χ0v) is 13.2. The Labute approximate surface area is 118 Å². The first-order valence-corrected chi connectivity index (χ1v) is 7.57. The maximum absolute atomic E-state index is 12.2. The molecule has 18 heavy (non-hydrogen) atoms. The van der Waals surface area contributed by atoms with E-state index in [-0.39, 0.29) is 10.8 Å². The SMILES string of the molecule is CC(C)(Cl)[C@H](NS(=O)C(C)(C)C)c1ccccc1. The van der Waals surface area contributed by atoms with E-state index in [2.05, 4.69) is 4.72 Å². The van der Waals surface area contributed by atoms with Gasteiger partial charge in [-0.25, -0.2) is 8.93 Å². The fraction of sp³-hybridized carbons (Fsp3) is 0.571. The molecule has 0 amide bonds. The lowest BCUT2D eigenvalue weighted by Crippen LogP contribution is -2.42. The molecule has 0 saturated heterocycles. The zero-order valence-electron chi connectivity index (χ0n) is 11.7. The van der Waals surface area contributed by atoms with E-state index in [4.69, 9.17) is 11.6 Å². The van der Waals surface area contributed by atoms with Crippen molar-refractivity contribution in [3.8, 4) is 0 Å². The molecule has 0 aliphatic carbocycles. The second-order valence-corrected chi connectivity index (χ2v) is 8.88. The maximum atomic E-state index is 12.2. The molecule has 1 rings (SSSR count). The van der Waals surface area contributed by atoms with Crippen molar-refractivity contribution >= 4 is 22.6 Å². The molecular formula is C14H22ClNOS. The number of rotatable bonds is 4. The molecule has 0 aliphatic heterocycles. The van der Waals surface area contributed by atoms with Crippen molar-refractivity contribution in [3.63, 3.8) is 0 Å². The van der Waals surface area contributed by atoms with Crippen LogP contribution in [0.25, 0.3) is 0 Å². The molecule has 4 heteroatoms. The molecule has 102 valence electrons. The van der Waals surface area contributed by atoms with Crippen molar-refractivity contribution in [3.05, 3.63) is 35.9 Å². The van der Waals surface area contributed by atoms with Gasteiger partial charge in [-0.05, 0) is 40.2 Å². The first kappa shape index (κ1) is 15.7. The van der Waals surface area contributed by atoms with Crippen molar-refractivity contribution in [2.24, 2.45) is 0 Å². The van der Waals surface area contributed by atoms with Crippen LogP contribution in [-0.2, 0) is 11.0 Å². The Bertz CT molecular complexity index is 406. The molecule has 0 radical (unpaired) electrons. The number of hydrogen-bond acceptors (Lipinski definition) is 1. The van der Waals surface area contributed by atoms with E-state index >= 15 is 0 Å². The fourth-order valence-corrected chi connectivity index (χ4v) is 2.78. The van der Waals surface area contributed by atoms with Crippen LogP contribution in [0, 0.1) is 0 Å². The number of alkyl halides is 1. The van der Waals surface area contributed by atoms with Gasteiger partial charge in [0.05, 0.1) is 26.6 Å². The molecule has 1 unspecified atom stereocenters. The van der Waals surface area contributed by atoms with Crippen molar-refractivity contribution < 1.29 is 4.21 Å². The second-order valence-electron chi connectivity index (χ2n) is 5.91. The summed E-state index contributed by atoms with van der Waals surface area (Å²) >= 11 is 6.43. The minimum absolute atomic E-state index is 0.152. The highest BCUT2D eigenvalue weighted by molar-refractivity contribution is 7.84. The zero-order chi connectivity index (χ0) is 14.0. The predicted molar refractivity (Wildman–Crippen MR) is 80.1 cm³/mol. The van der Waals surface area contributed by atoms with Crippen LogP contribution in [0.5, 0.6) is 0 Å². The average molecular weight is 288 g/mol. The van der Waals surface area contributed by atoms with Crippen LogP contribution < -0.4 is 4.72 Å². The van der Waals surface area contributed by atoms with Crippen LogP contribution in [-0.4, -0.2) is 13.8 Å². The summed E-state index contributed by atoms with van der Waals surface area (Å²) in [6.07, 6.45) is 0. The summed E-state index contributed by atoms with van der Waals surface area (Å²) < 4.78 is 15.1. The molecule has 1 N–H and O–H groups in total. The minimum atomic E-state index is -1.15. The van der Waals surface area contributed by atoms with E-state index in [9.17, 15) is 4.21 Å². The van der Waals surface area contributed by atoms with E-state index in [1.54, 1.807) is 0 Å². The van der Waals surface area contributed by atoms with Gasteiger partial charge in [0.2, 0.25) is 0 Å². The van der Waals surface area contributed by atoms with Crippen LogP contribution in [0.15, 0.2) is 30.3 Å². The lowest BCUT2D eigenvalue weighted by atomic mass is 9.96. The fourth-order valence-electron chi connectivity index (χ4n) is 1.53. The molecule has 0 saturated carbocycles. The lowest BCUT2D eigenvalue weighted by molar-refractivity contribution is 0.504. The standard InChI is InChI=1S/C14H22ClNOS/c1-13(2,3)18(17)16-12(14(4,5)15)11-9-7-6-8-10-11/h6-10,12,16H,1-5H3/t12-,18?/m1/s1. The average Bonchev–Trinajstić information content (AvgIpc) is 2.23. The first-order valence-electron chi connectivity index (χ1n) is 6.04. The van der Waals surface area contributed by atoms with E-state index in [1.807, 2.05) is 65.0 Å². The summed E-state index contributed by atoms with van der Waals surface area (Å²) in [5.41, 5.74) is 1.05. The van der Waals surface area contributed by atoms with Crippen molar-refractivity contribution in [1.29, 1.82) is 0 Å². The second kappa shape index (κ2) is 5.72. The van der Waals surface area contributed by atoms with Gasteiger partial charge >= 0.3 is 0 Å². The molecule has 0 bridgehead atoms. The van der Waals surface area contributed by atoms with Crippen LogP contribution >= 0.6 is 11.6 Å². The van der Waals surface area contributed by atoms with Gasteiger partial charge in [-0.1, -0.05) is 30.3 Å². The topological polar surface area (TPSA) is 29.1 Å². The number of hydrogen-bond donors (Lipinski definition) is 1. The van der Waals surface area contributed by atoms with Gasteiger partial charge in [0.25, 0.3) is 0 Å². The minimum Gasteiger partial charge on any atom is -0.242 e. The van der Waals surface area contributed by atoms with E-state index in [0.717, 1.165) is 5.56 Å². The smallest absolute Gasteiger partial charge is 0.0976 e. The van der Waals surface area contributed by atoms with Gasteiger partial charge in [-0.2, -0.15) is 0 Å². The van der Waals surface area contributed by atoms with Gasteiger partial charge in [-0.3, -0.25) is 0 Å². The largest absolute Gasteiger partial charge is 0.242 e. The van der Waals surface area contributed by atoms with E-state index < -0.39 is 15.9 Å². The Morgan fingerprint density at radius 1 is 1.11 bits per heavy atom. The summed E-state index contributed by atoms with van der Waals surface area (Å²) in [5, 5.41) is 0. The van der Waals surface area contributed by atoms with Gasteiger partial charge in [0.15, 0.2) is 0 Å². The third kappa shape index (κ3) is 4.38. The van der Waals surface area contributed by atoms with Crippen LogP contribution in [0.2, 0.25) is 0 Å². The summed E-state index contributed by atoms with van der Waals surface area (Å²) in [7, 11) is -1.15. The van der Waals surface area contributed by atoms with Gasteiger partial charge in [0.1, 0.15) is 0 Å². The predicted octanol–water partition coefficient (Wildman–Crippen LogP) is 3.80. The molecule has 2 nitrogen and oxygen atoms in total. The summed E-state index contributed by atoms with van der Waals surface area (Å²) in [6.45, 7) is 9.69. The molecular weight excluding hydrogens is 266 g/mol. The highest BCUT2D eigenvalue weighted by atomic mass is 35.5. The summed E-state index contributed by atoms with van der Waals surface area (Å²) in [5.74, 6) is 0. The lowest BCUT2D eigenvalue weighted by Gasteiger charge is -2.32. The molecule has 0 aliphatic rings. The van der Waals surface area contributed by atoms with Gasteiger partial charge < -0.3 is 0 Å². The maximum Gasteiger partial charge on any atom is 0.0976 e. The molecule has 2 atom stereocenters. The molecule has 0 spiro atoms. The third-order valence-corrected chi connectivity index (χ3v) is 4.38. The highest BCUT2D eigenvalue weighted by Gasteiger charge is 2.32. The first-order chi connectivity index (χ1) is 8.12. The number of halogens is 1. The molecule has 1 aromatic carbocycles. The van der Waals surface area contributed by atoms with Crippen LogP contribution in [0.4, 0.5) is 0 Å². The third-order valence-electron chi connectivity index (χ3n) is 2.60. The Balaban J connectivity index is 2.99. The molecule has 0 fully saturated rings. The van der Waals surface area contributed by atoms with E-state index in [1.165, 1.54) is 0 Å². The van der Waals surface area contributed by atoms with E-state index in [0.29, 0.717) is 0 Å². The quantitative estimate of drug-likeness (QED) is 0.839. The number of nitrogens with one attached hydrogen (secondary N) is 1. The molecule has 1 aromatic rings. The van der Waals surface area contributed by atoms with Crippen LogP contribution in [0.3, 0.4) is 0 Å².